The predicted molar refractivity (Wildman–Crippen MR) is 38.0 cm³/mol. The number of amides is 1. The van der Waals surface area contributed by atoms with Crippen molar-refractivity contribution in [2.45, 2.75) is 25.7 Å². The second-order valence-electron chi connectivity index (χ2n) is 2.82. The normalized spacial score (nSPS) is 16.8. The second-order valence-corrected chi connectivity index (χ2v) is 2.82. The van der Waals surface area contributed by atoms with E-state index in [1.807, 2.05) is 0 Å². The third-order valence-electron chi connectivity index (χ3n) is 1.76. The Labute approximate surface area is 60.4 Å². The van der Waals surface area contributed by atoms with E-state index >= 15 is 0 Å². The molecule has 0 atom stereocenters. The third-order valence-corrected chi connectivity index (χ3v) is 1.76. The summed E-state index contributed by atoms with van der Waals surface area (Å²) in [5, 5.41) is 10.5. The Hall–Kier alpha value is -0.730. The molecule has 1 aliphatic rings. The SMILES string of the molecule is O=C(O)NCCCC1CC1. The average Bonchev–Trinajstić information content (AvgIpc) is 2.62. The highest BCUT2D eigenvalue weighted by molar-refractivity contribution is 5.64. The van der Waals surface area contributed by atoms with Crippen LogP contribution in [0.4, 0.5) is 4.79 Å². The van der Waals surface area contributed by atoms with Gasteiger partial charge in [0.05, 0.1) is 0 Å². The lowest BCUT2D eigenvalue weighted by atomic mass is 10.2. The lowest BCUT2D eigenvalue weighted by Crippen LogP contribution is -2.21. The highest BCUT2D eigenvalue weighted by Gasteiger charge is 2.19. The Bertz CT molecular complexity index is 121. The van der Waals surface area contributed by atoms with Gasteiger partial charge in [-0.3, -0.25) is 0 Å². The first-order valence-electron chi connectivity index (χ1n) is 3.76. The first-order valence-corrected chi connectivity index (χ1v) is 3.76. The van der Waals surface area contributed by atoms with Crippen LogP contribution in [0.15, 0.2) is 0 Å². The zero-order valence-corrected chi connectivity index (χ0v) is 5.97. The topological polar surface area (TPSA) is 49.3 Å². The molecule has 0 aromatic heterocycles. The van der Waals surface area contributed by atoms with Gasteiger partial charge < -0.3 is 10.4 Å². The molecule has 0 aliphatic heterocycles. The third kappa shape index (κ3) is 3.33. The summed E-state index contributed by atoms with van der Waals surface area (Å²) >= 11 is 0. The summed E-state index contributed by atoms with van der Waals surface area (Å²) in [5.41, 5.74) is 0. The maximum atomic E-state index is 9.95. The van der Waals surface area contributed by atoms with Crippen molar-refractivity contribution in [1.82, 2.24) is 5.32 Å². The second kappa shape index (κ2) is 3.44. The van der Waals surface area contributed by atoms with Crippen molar-refractivity contribution < 1.29 is 9.90 Å². The molecule has 2 N–H and O–H groups in total. The van der Waals surface area contributed by atoms with Gasteiger partial charge in [0.15, 0.2) is 0 Å². The van der Waals surface area contributed by atoms with E-state index in [4.69, 9.17) is 5.11 Å². The van der Waals surface area contributed by atoms with E-state index in [1.54, 1.807) is 0 Å². The largest absolute Gasteiger partial charge is 0.465 e. The molecule has 10 heavy (non-hydrogen) atoms. The molecule has 1 aliphatic carbocycles. The van der Waals surface area contributed by atoms with Crippen LogP contribution in [0.2, 0.25) is 0 Å². The van der Waals surface area contributed by atoms with Gasteiger partial charge >= 0.3 is 6.09 Å². The monoisotopic (exact) mass is 143 g/mol. The smallest absolute Gasteiger partial charge is 0.404 e. The highest BCUT2D eigenvalue weighted by Crippen LogP contribution is 2.33. The van der Waals surface area contributed by atoms with Gasteiger partial charge in [-0.1, -0.05) is 12.8 Å². The Kier molecular flexibility index (Phi) is 2.54. The Morgan fingerprint density at radius 3 is 2.80 bits per heavy atom. The van der Waals surface area contributed by atoms with Crippen LogP contribution in [0, 0.1) is 5.92 Å². The van der Waals surface area contributed by atoms with Gasteiger partial charge in [0.25, 0.3) is 0 Å². The number of hydrogen-bond acceptors (Lipinski definition) is 1. The summed E-state index contributed by atoms with van der Waals surface area (Å²) in [6, 6.07) is 0. The number of nitrogens with one attached hydrogen (secondary N) is 1. The van der Waals surface area contributed by atoms with Gasteiger partial charge in [-0.25, -0.2) is 4.79 Å². The zero-order chi connectivity index (χ0) is 7.40. The lowest BCUT2D eigenvalue weighted by molar-refractivity contribution is 0.194. The first-order chi connectivity index (χ1) is 4.79. The zero-order valence-electron chi connectivity index (χ0n) is 5.97. The number of carboxylic acid groups (broad SMARTS) is 1. The van der Waals surface area contributed by atoms with E-state index in [9.17, 15) is 4.79 Å². The molecule has 0 radical (unpaired) electrons. The molecule has 3 heteroatoms. The standard InChI is InChI=1S/C7H13NO2/c9-7(10)8-5-1-2-6-3-4-6/h6,8H,1-5H2,(H,9,10). The molecule has 1 saturated carbocycles. The molecule has 58 valence electrons. The molecule has 3 nitrogen and oxygen atoms in total. The van der Waals surface area contributed by atoms with Crippen molar-refractivity contribution in [2.75, 3.05) is 6.54 Å². The van der Waals surface area contributed by atoms with Crippen LogP contribution in [-0.2, 0) is 0 Å². The van der Waals surface area contributed by atoms with Crippen LogP contribution in [0.5, 0.6) is 0 Å². The van der Waals surface area contributed by atoms with Crippen LogP contribution in [0.3, 0.4) is 0 Å². The fourth-order valence-corrected chi connectivity index (χ4v) is 0.993. The highest BCUT2D eigenvalue weighted by atomic mass is 16.4. The van der Waals surface area contributed by atoms with Gasteiger partial charge in [-0.2, -0.15) is 0 Å². The van der Waals surface area contributed by atoms with Gasteiger partial charge in [0.1, 0.15) is 0 Å². The van der Waals surface area contributed by atoms with Crippen LogP contribution in [0.25, 0.3) is 0 Å². The Morgan fingerprint density at radius 2 is 2.30 bits per heavy atom. The first kappa shape index (κ1) is 7.38. The van der Waals surface area contributed by atoms with Crippen molar-refractivity contribution >= 4 is 6.09 Å². The van der Waals surface area contributed by atoms with Gasteiger partial charge in [-0.05, 0) is 18.8 Å². The maximum Gasteiger partial charge on any atom is 0.404 e. The van der Waals surface area contributed by atoms with Crippen LogP contribution < -0.4 is 5.32 Å². The number of rotatable bonds is 4. The summed E-state index contributed by atoms with van der Waals surface area (Å²) in [5.74, 6) is 0.913. The Morgan fingerprint density at radius 1 is 1.60 bits per heavy atom. The molecule has 0 aromatic rings. The fraction of sp³-hybridized carbons (Fsp3) is 0.857. The predicted octanol–water partition coefficient (Wildman–Crippen LogP) is 1.44. The summed E-state index contributed by atoms with van der Waals surface area (Å²) in [4.78, 5) is 9.95. The van der Waals surface area contributed by atoms with E-state index < -0.39 is 6.09 Å². The summed E-state index contributed by atoms with van der Waals surface area (Å²) in [7, 11) is 0. The minimum Gasteiger partial charge on any atom is -0.465 e. The van der Waals surface area contributed by atoms with Crippen LogP contribution in [-0.4, -0.2) is 17.7 Å². The number of carbonyl (C=O) groups is 1. The average molecular weight is 143 g/mol. The molecule has 1 amide bonds. The molecule has 0 spiro atoms. The molecule has 0 heterocycles. The summed E-state index contributed by atoms with van der Waals surface area (Å²) in [6.45, 7) is 0.617. The van der Waals surface area contributed by atoms with Crippen molar-refractivity contribution in [3.05, 3.63) is 0 Å². The quantitative estimate of drug-likeness (QED) is 0.585. The van der Waals surface area contributed by atoms with Gasteiger partial charge in [0, 0.05) is 6.54 Å². The fourth-order valence-electron chi connectivity index (χ4n) is 0.993. The summed E-state index contributed by atoms with van der Waals surface area (Å²) in [6.07, 6.45) is 3.99. The number of hydrogen-bond donors (Lipinski definition) is 2. The maximum absolute atomic E-state index is 9.95. The molecule has 1 fully saturated rings. The molecule has 0 unspecified atom stereocenters. The van der Waals surface area contributed by atoms with Crippen LogP contribution >= 0.6 is 0 Å². The van der Waals surface area contributed by atoms with E-state index in [0.717, 1.165) is 12.3 Å². The summed E-state index contributed by atoms with van der Waals surface area (Å²) < 4.78 is 0. The molecule has 0 saturated heterocycles. The molecular formula is C7H13NO2. The lowest BCUT2D eigenvalue weighted by Gasteiger charge is -1.97. The van der Waals surface area contributed by atoms with E-state index in [2.05, 4.69) is 5.32 Å². The molecular weight excluding hydrogens is 130 g/mol. The van der Waals surface area contributed by atoms with Crippen molar-refractivity contribution in [3.8, 4) is 0 Å². The molecule has 0 bridgehead atoms. The van der Waals surface area contributed by atoms with Crippen molar-refractivity contribution in [2.24, 2.45) is 5.92 Å². The van der Waals surface area contributed by atoms with Crippen molar-refractivity contribution in [3.63, 3.8) is 0 Å². The molecule has 0 aromatic carbocycles. The molecule has 1 rings (SSSR count). The van der Waals surface area contributed by atoms with E-state index in [-0.39, 0.29) is 0 Å². The van der Waals surface area contributed by atoms with E-state index in [1.165, 1.54) is 19.3 Å². The van der Waals surface area contributed by atoms with Crippen molar-refractivity contribution in [1.29, 1.82) is 0 Å². The minimum absolute atomic E-state index is 0.617. The van der Waals surface area contributed by atoms with Gasteiger partial charge in [0.2, 0.25) is 0 Å². The minimum atomic E-state index is -0.907. The van der Waals surface area contributed by atoms with E-state index in [0.29, 0.717) is 6.54 Å². The van der Waals surface area contributed by atoms with Crippen LogP contribution in [0.1, 0.15) is 25.7 Å². The Balaban J connectivity index is 1.80. The van der Waals surface area contributed by atoms with Gasteiger partial charge in [-0.15, -0.1) is 0 Å².